The molecule has 1 atom stereocenters. The van der Waals surface area contributed by atoms with Crippen molar-refractivity contribution in [3.05, 3.63) is 77.4 Å². The SMILES string of the molecule is C[C@H](NC(=O)c1ccccc1)c1nnc(SCc2ccc(F)cc2)n1C. The molecular weight excluding hydrogens is 351 g/mol. The van der Waals surface area contributed by atoms with Crippen molar-refractivity contribution in [1.29, 1.82) is 0 Å². The van der Waals surface area contributed by atoms with Crippen LogP contribution < -0.4 is 5.32 Å². The van der Waals surface area contributed by atoms with E-state index in [0.717, 1.165) is 10.7 Å². The van der Waals surface area contributed by atoms with Gasteiger partial charge in [-0.25, -0.2) is 4.39 Å². The van der Waals surface area contributed by atoms with Gasteiger partial charge in [0.2, 0.25) is 0 Å². The maximum absolute atomic E-state index is 13.0. The molecule has 0 spiro atoms. The first kappa shape index (κ1) is 18.1. The number of nitrogens with one attached hydrogen (secondary N) is 1. The molecule has 1 aromatic heterocycles. The Balaban J connectivity index is 1.64. The van der Waals surface area contributed by atoms with Gasteiger partial charge in [-0.3, -0.25) is 4.79 Å². The van der Waals surface area contributed by atoms with Crippen molar-refractivity contribution in [2.24, 2.45) is 7.05 Å². The van der Waals surface area contributed by atoms with Crippen molar-refractivity contribution < 1.29 is 9.18 Å². The van der Waals surface area contributed by atoms with Crippen LogP contribution in [0.3, 0.4) is 0 Å². The molecule has 0 aliphatic heterocycles. The van der Waals surface area contributed by atoms with Gasteiger partial charge in [0.05, 0.1) is 6.04 Å². The number of aromatic nitrogens is 3. The molecule has 7 heteroatoms. The van der Waals surface area contributed by atoms with Crippen LogP contribution in [0.1, 0.15) is 34.7 Å². The first-order valence-corrected chi connectivity index (χ1v) is 9.15. The van der Waals surface area contributed by atoms with Gasteiger partial charge in [-0.15, -0.1) is 10.2 Å². The second-order valence-electron chi connectivity index (χ2n) is 5.88. The minimum absolute atomic E-state index is 0.151. The Bertz CT molecular complexity index is 880. The lowest BCUT2D eigenvalue weighted by Crippen LogP contribution is -2.28. The average molecular weight is 370 g/mol. The standard InChI is InChI=1S/C19H19FN4OS/c1-13(21-18(25)15-6-4-3-5-7-15)17-22-23-19(24(17)2)26-12-14-8-10-16(20)11-9-14/h3-11,13H,12H2,1-2H3,(H,21,25)/t13-/m0/s1. The summed E-state index contributed by atoms with van der Waals surface area (Å²) in [5, 5.41) is 12.1. The van der Waals surface area contributed by atoms with Crippen molar-refractivity contribution in [3.8, 4) is 0 Å². The van der Waals surface area contributed by atoms with E-state index in [4.69, 9.17) is 0 Å². The lowest BCUT2D eigenvalue weighted by molar-refractivity contribution is 0.0937. The number of benzene rings is 2. The highest BCUT2D eigenvalue weighted by atomic mass is 32.2. The highest BCUT2D eigenvalue weighted by molar-refractivity contribution is 7.98. The molecule has 0 aliphatic rings. The number of rotatable bonds is 6. The molecule has 0 fully saturated rings. The molecule has 3 aromatic rings. The molecule has 26 heavy (non-hydrogen) atoms. The zero-order valence-corrected chi connectivity index (χ0v) is 15.3. The second kappa shape index (κ2) is 8.14. The van der Waals surface area contributed by atoms with Crippen LogP contribution in [0.2, 0.25) is 0 Å². The average Bonchev–Trinajstić information content (AvgIpc) is 3.02. The zero-order valence-electron chi connectivity index (χ0n) is 14.5. The lowest BCUT2D eigenvalue weighted by Gasteiger charge is -2.13. The van der Waals surface area contributed by atoms with Crippen LogP contribution in [-0.4, -0.2) is 20.7 Å². The van der Waals surface area contributed by atoms with Crippen LogP contribution in [0.4, 0.5) is 4.39 Å². The molecule has 5 nitrogen and oxygen atoms in total. The van der Waals surface area contributed by atoms with Crippen molar-refractivity contribution >= 4 is 17.7 Å². The predicted molar refractivity (Wildman–Crippen MR) is 99.3 cm³/mol. The third-order valence-electron chi connectivity index (χ3n) is 3.92. The predicted octanol–water partition coefficient (Wildman–Crippen LogP) is 3.74. The van der Waals surface area contributed by atoms with Gasteiger partial charge in [-0.2, -0.15) is 0 Å². The van der Waals surface area contributed by atoms with Crippen molar-refractivity contribution in [2.45, 2.75) is 23.9 Å². The fourth-order valence-corrected chi connectivity index (χ4v) is 3.37. The van der Waals surface area contributed by atoms with Gasteiger partial charge < -0.3 is 9.88 Å². The number of halogens is 1. The maximum atomic E-state index is 13.0. The van der Waals surface area contributed by atoms with Gasteiger partial charge in [-0.05, 0) is 36.8 Å². The van der Waals surface area contributed by atoms with Gasteiger partial charge in [0.1, 0.15) is 5.82 Å². The summed E-state index contributed by atoms with van der Waals surface area (Å²) in [5.74, 6) is 0.942. The van der Waals surface area contributed by atoms with Crippen molar-refractivity contribution in [3.63, 3.8) is 0 Å². The number of amides is 1. The first-order valence-electron chi connectivity index (χ1n) is 8.17. The fraction of sp³-hybridized carbons (Fsp3) is 0.211. The Morgan fingerprint density at radius 3 is 2.54 bits per heavy atom. The summed E-state index contributed by atoms with van der Waals surface area (Å²) in [5.41, 5.74) is 1.61. The van der Waals surface area contributed by atoms with Crippen LogP contribution in [0, 0.1) is 5.82 Å². The summed E-state index contributed by atoms with van der Waals surface area (Å²) in [4.78, 5) is 12.3. The molecule has 134 valence electrons. The number of nitrogens with zero attached hydrogens (tertiary/aromatic N) is 3. The number of hydrogen-bond donors (Lipinski definition) is 1. The molecule has 0 saturated heterocycles. The van der Waals surface area contributed by atoms with Gasteiger partial charge in [0.25, 0.3) is 5.91 Å². The molecule has 1 heterocycles. The third kappa shape index (κ3) is 4.29. The van der Waals surface area contributed by atoms with Crippen molar-refractivity contribution in [1.82, 2.24) is 20.1 Å². The van der Waals surface area contributed by atoms with E-state index < -0.39 is 0 Å². The van der Waals surface area contributed by atoms with Gasteiger partial charge in [0.15, 0.2) is 11.0 Å². The monoisotopic (exact) mass is 370 g/mol. The van der Waals surface area contributed by atoms with Crippen LogP contribution in [0.5, 0.6) is 0 Å². The smallest absolute Gasteiger partial charge is 0.251 e. The fourth-order valence-electron chi connectivity index (χ4n) is 2.49. The van der Waals surface area contributed by atoms with Crippen LogP contribution in [0.15, 0.2) is 59.8 Å². The number of carbonyl (C=O) groups excluding carboxylic acids is 1. The highest BCUT2D eigenvalue weighted by Crippen LogP contribution is 2.23. The van der Waals surface area contributed by atoms with Gasteiger partial charge in [-0.1, -0.05) is 42.1 Å². The van der Waals surface area contributed by atoms with E-state index in [2.05, 4.69) is 15.5 Å². The van der Waals surface area contributed by atoms with E-state index in [9.17, 15) is 9.18 Å². The zero-order chi connectivity index (χ0) is 18.5. The number of carbonyl (C=O) groups is 1. The van der Waals surface area contributed by atoms with E-state index in [1.807, 2.05) is 36.7 Å². The highest BCUT2D eigenvalue weighted by Gasteiger charge is 2.18. The minimum Gasteiger partial charge on any atom is -0.342 e. The van der Waals surface area contributed by atoms with Gasteiger partial charge >= 0.3 is 0 Å². The Hall–Kier alpha value is -2.67. The van der Waals surface area contributed by atoms with Crippen LogP contribution >= 0.6 is 11.8 Å². The van der Waals surface area contributed by atoms with Gasteiger partial charge in [0, 0.05) is 18.4 Å². The molecule has 0 saturated carbocycles. The summed E-state index contributed by atoms with van der Waals surface area (Å²) in [6, 6.07) is 15.2. The largest absolute Gasteiger partial charge is 0.342 e. The Morgan fingerprint density at radius 1 is 1.15 bits per heavy atom. The Labute approximate surface area is 155 Å². The lowest BCUT2D eigenvalue weighted by atomic mass is 10.2. The molecule has 1 amide bonds. The number of thioether (sulfide) groups is 1. The normalized spacial score (nSPS) is 12.0. The van der Waals surface area contributed by atoms with Crippen LogP contribution in [0.25, 0.3) is 0 Å². The Kier molecular flexibility index (Phi) is 5.68. The molecule has 0 radical (unpaired) electrons. The number of hydrogen-bond acceptors (Lipinski definition) is 4. The molecule has 1 N–H and O–H groups in total. The molecule has 2 aromatic carbocycles. The summed E-state index contributed by atoms with van der Waals surface area (Å²) in [6.07, 6.45) is 0. The van der Waals surface area contributed by atoms with E-state index in [1.165, 1.54) is 23.9 Å². The molecule has 3 rings (SSSR count). The molecule has 0 unspecified atom stereocenters. The van der Waals surface area contributed by atoms with Crippen molar-refractivity contribution in [2.75, 3.05) is 0 Å². The third-order valence-corrected chi connectivity index (χ3v) is 5.01. The summed E-state index contributed by atoms with van der Waals surface area (Å²) in [7, 11) is 1.87. The van der Waals surface area contributed by atoms with E-state index in [-0.39, 0.29) is 17.8 Å². The van der Waals surface area contributed by atoms with Crippen LogP contribution in [-0.2, 0) is 12.8 Å². The molecule has 0 aliphatic carbocycles. The van der Waals surface area contributed by atoms with E-state index in [0.29, 0.717) is 17.1 Å². The molecular formula is C19H19FN4OS. The minimum atomic E-state index is -0.277. The molecule has 0 bridgehead atoms. The van der Waals surface area contributed by atoms with E-state index in [1.54, 1.807) is 24.3 Å². The summed E-state index contributed by atoms with van der Waals surface area (Å²) in [6.45, 7) is 1.87. The summed E-state index contributed by atoms with van der Waals surface area (Å²) >= 11 is 1.51. The quantitative estimate of drug-likeness (QED) is 0.672. The van der Waals surface area contributed by atoms with E-state index >= 15 is 0 Å². The topological polar surface area (TPSA) is 59.8 Å². The Morgan fingerprint density at radius 2 is 1.85 bits per heavy atom. The second-order valence-corrected chi connectivity index (χ2v) is 6.82. The maximum Gasteiger partial charge on any atom is 0.251 e. The summed E-state index contributed by atoms with van der Waals surface area (Å²) < 4.78 is 14.8. The first-order chi connectivity index (χ1) is 12.5.